The number of furan rings is 1. The van der Waals surface area contributed by atoms with Crippen molar-refractivity contribution in [3.05, 3.63) is 182 Å². The first-order valence-corrected chi connectivity index (χ1v) is 19.4. The number of para-hydroxylation sites is 1. The molecule has 0 aliphatic rings. The van der Waals surface area contributed by atoms with Gasteiger partial charge in [0.15, 0.2) is 11.6 Å². The summed E-state index contributed by atoms with van der Waals surface area (Å²) in [5.41, 5.74) is 11.4. The lowest BCUT2D eigenvalue weighted by Gasteiger charge is -2.11. The molecule has 0 spiro atoms. The molecule has 0 N–H and O–H groups in total. The Morgan fingerprint density at radius 1 is 0.357 bits per heavy atom. The third kappa shape index (κ3) is 5.54. The van der Waals surface area contributed by atoms with Gasteiger partial charge in [0.25, 0.3) is 0 Å². The third-order valence-electron chi connectivity index (χ3n) is 10.3. The third-order valence-corrected chi connectivity index (χ3v) is 11.4. The largest absolute Gasteiger partial charge is 0.438 e. The second-order valence-electron chi connectivity index (χ2n) is 13.8. The number of nitrogens with zero attached hydrogens (tertiary/aromatic N) is 4. The zero-order valence-corrected chi connectivity index (χ0v) is 30.7. The molecule has 0 saturated carbocycles. The highest BCUT2D eigenvalue weighted by Crippen LogP contribution is 2.41. The van der Waals surface area contributed by atoms with Crippen LogP contribution in [-0.2, 0) is 0 Å². The van der Waals surface area contributed by atoms with Gasteiger partial charge < -0.3 is 4.42 Å². The van der Waals surface area contributed by atoms with Crippen LogP contribution in [0.1, 0.15) is 0 Å². The fraction of sp³-hybridized carbons (Fsp3) is 0. The van der Waals surface area contributed by atoms with Crippen LogP contribution in [0.4, 0.5) is 0 Å². The van der Waals surface area contributed by atoms with Crippen molar-refractivity contribution in [2.24, 2.45) is 0 Å². The van der Waals surface area contributed by atoms with Crippen molar-refractivity contribution < 1.29 is 4.42 Å². The van der Waals surface area contributed by atoms with Gasteiger partial charge in [0.1, 0.15) is 10.4 Å². The van der Waals surface area contributed by atoms with Crippen molar-refractivity contribution >= 4 is 53.7 Å². The van der Waals surface area contributed by atoms with Crippen molar-refractivity contribution in [1.82, 2.24) is 19.9 Å². The molecule has 5 nitrogen and oxygen atoms in total. The van der Waals surface area contributed by atoms with E-state index in [1.54, 1.807) is 11.3 Å². The second kappa shape index (κ2) is 13.2. The van der Waals surface area contributed by atoms with Crippen LogP contribution in [0.5, 0.6) is 0 Å². The first-order valence-electron chi connectivity index (χ1n) is 18.5. The van der Waals surface area contributed by atoms with Crippen LogP contribution in [0.25, 0.3) is 110 Å². The van der Waals surface area contributed by atoms with E-state index in [-0.39, 0.29) is 0 Å². The van der Waals surface area contributed by atoms with Crippen LogP contribution < -0.4 is 0 Å². The average molecular weight is 735 g/mol. The number of hydrogen-bond donors (Lipinski definition) is 0. The van der Waals surface area contributed by atoms with E-state index in [9.17, 15) is 0 Å². The van der Waals surface area contributed by atoms with Gasteiger partial charge in [-0.1, -0.05) is 152 Å². The van der Waals surface area contributed by atoms with Crippen LogP contribution in [0, 0.1) is 0 Å². The zero-order valence-electron chi connectivity index (χ0n) is 29.9. The van der Waals surface area contributed by atoms with Gasteiger partial charge >= 0.3 is 0 Å². The summed E-state index contributed by atoms with van der Waals surface area (Å²) in [4.78, 5) is 21.9. The Morgan fingerprint density at radius 2 is 0.839 bits per heavy atom. The molecule has 7 aromatic carbocycles. The Kier molecular flexibility index (Phi) is 7.60. The van der Waals surface area contributed by atoms with E-state index in [0.717, 1.165) is 87.9 Å². The minimum absolute atomic E-state index is 0.547. The number of fused-ring (bicyclic) bond motifs is 6. The Morgan fingerprint density at radius 3 is 1.50 bits per heavy atom. The van der Waals surface area contributed by atoms with Crippen LogP contribution in [-0.4, -0.2) is 19.9 Å². The van der Waals surface area contributed by atoms with E-state index >= 15 is 0 Å². The summed E-state index contributed by atoms with van der Waals surface area (Å²) < 4.78 is 7.60. The molecule has 0 aliphatic carbocycles. The lowest BCUT2D eigenvalue weighted by molar-refractivity contribution is 0.653. The number of rotatable bonds is 6. The highest BCUT2D eigenvalue weighted by molar-refractivity contribution is 7.25. The SMILES string of the molecule is c1ccc(-c2cccc(-c3nc(-c4cccc(-c5nc(-c6cccc(-c7ccccc7)c6)c6c(n5)sc5ccccc56)c4)nc4oc5ccccc5c34)c2)cc1. The summed E-state index contributed by atoms with van der Waals surface area (Å²) in [6, 6.07) is 62.8. The molecule has 4 heterocycles. The van der Waals surface area contributed by atoms with Gasteiger partial charge in [-0.25, -0.2) is 15.0 Å². The monoisotopic (exact) mass is 734 g/mol. The quantitative estimate of drug-likeness (QED) is 0.170. The maximum Gasteiger partial charge on any atom is 0.231 e. The van der Waals surface area contributed by atoms with Gasteiger partial charge in [-0.3, -0.25) is 0 Å². The number of thiophene rings is 1. The minimum atomic E-state index is 0.547. The molecular weight excluding hydrogens is 705 g/mol. The van der Waals surface area contributed by atoms with Crippen molar-refractivity contribution in [2.45, 2.75) is 0 Å². The van der Waals surface area contributed by atoms with E-state index in [1.165, 1.54) is 4.70 Å². The highest BCUT2D eigenvalue weighted by Gasteiger charge is 2.21. The fourth-order valence-corrected chi connectivity index (χ4v) is 8.75. The van der Waals surface area contributed by atoms with Gasteiger partial charge in [-0.05, 0) is 52.6 Å². The first-order chi connectivity index (χ1) is 27.7. The molecule has 0 amide bonds. The molecule has 0 unspecified atom stereocenters. The van der Waals surface area contributed by atoms with Crippen LogP contribution in [0.15, 0.2) is 186 Å². The van der Waals surface area contributed by atoms with Crippen LogP contribution >= 0.6 is 11.3 Å². The predicted molar refractivity (Wildman–Crippen MR) is 230 cm³/mol. The molecule has 262 valence electrons. The summed E-state index contributed by atoms with van der Waals surface area (Å²) in [6.07, 6.45) is 0. The lowest BCUT2D eigenvalue weighted by atomic mass is 9.99. The molecule has 0 radical (unpaired) electrons. The van der Waals surface area contributed by atoms with Gasteiger partial charge in [0, 0.05) is 43.1 Å². The molecular formula is C50H30N4OS. The summed E-state index contributed by atoms with van der Waals surface area (Å²) in [6.45, 7) is 0. The van der Waals surface area contributed by atoms with Crippen molar-refractivity contribution in [2.75, 3.05) is 0 Å². The first kappa shape index (κ1) is 32.2. The van der Waals surface area contributed by atoms with Crippen molar-refractivity contribution in [1.29, 1.82) is 0 Å². The van der Waals surface area contributed by atoms with E-state index in [0.29, 0.717) is 17.4 Å². The summed E-state index contributed by atoms with van der Waals surface area (Å²) in [5.74, 6) is 1.21. The molecule has 6 heteroatoms. The molecule has 11 aromatic rings. The number of aromatic nitrogens is 4. The molecule has 56 heavy (non-hydrogen) atoms. The molecule has 0 atom stereocenters. The fourth-order valence-electron chi connectivity index (χ4n) is 7.67. The second-order valence-corrected chi connectivity index (χ2v) is 14.9. The molecule has 0 saturated heterocycles. The van der Waals surface area contributed by atoms with Gasteiger partial charge in [-0.15, -0.1) is 11.3 Å². The maximum atomic E-state index is 6.42. The molecule has 0 bridgehead atoms. The van der Waals surface area contributed by atoms with Crippen LogP contribution in [0.3, 0.4) is 0 Å². The molecule has 11 rings (SSSR count). The lowest BCUT2D eigenvalue weighted by Crippen LogP contribution is -1.96. The number of benzene rings is 7. The minimum Gasteiger partial charge on any atom is -0.438 e. The Labute approximate surface area is 326 Å². The standard InChI is InChI=1S/C50H30N4OS/c1-3-14-31(15-4-1)33-18-11-20-35(28-33)45-43-39-24-7-9-26-41(39)55-49(43)53-47(51-45)37-22-13-23-38(30-37)48-52-46(44-40-25-8-10-27-42(40)56-50(44)54-48)36-21-12-19-34(29-36)32-16-5-2-6-17-32/h1-30H. The molecule has 0 fully saturated rings. The predicted octanol–water partition coefficient (Wildman–Crippen LogP) is 13.5. The van der Waals surface area contributed by atoms with Gasteiger partial charge in [-0.2, -0.15) is 4.98 Å². The van der Waals surface area contributed by atoms with Gasteiger partial charge in [0.2, 0.25) is 5.71 Å². The zero-order chi connectivity index (χ0) is 37.0. The summed E-state index contributed by atoms with van der Waals surface area (Å²) in [7, 11) is 0. The van der Waals surface area contributed by atoms with E-state index in [4.69, 9.17) is 24.4 Å². The average Bonchev–Trinajstić information content (AvgIpc) is 3.85. The highest BCUT2D eigenvalue weighted by atomic mass is 32.1. The Bertz CT molecular complexity index is 3040. The molecule has 0 aliphatic heterocycles. The van der Waals surface area contributed by atoms with Crippen molar-refractivity contribution in [3.63, 3.8) is 0 Å². The Balaban J connectivity index is 1.08. The topological polar surface area (TPSA) is 64.7 Å². The van der Waals surface area contributed by atoms with E-state index < -0.39 is 0 Å². The number of hydrogen-bond acceptors (Lipinski definition) is 6. The summed E-state index contributed by atoms with van der Waals surface area (Å²) in [5, 5.41) is 4.10. The van der Waals surface area contributed by atoms with Crippen molar-refractivity contribution in [3.8, 4) is 67.5 Å². The summed E-state index contributed by atoms with van der Waals surface area (Å²) >= 11 is 1.69. The Hall–Kier alpha value is -7.28. The maximum absolute atomic E-state index is 6.42. The normalized spacial score (nSPS) is 11.6. The van der Waals surface area contributed by atoms with Crippen LogP contribution in [0.2, 0.25) is 0 Å². The van der Waals surface area contributed by atoms with E-state index in [1.807, 2.05) is 42.5 Å². The molecule has 4 aromatic heterocycles. The van der Waals surface area contributed by atoms with E-state index in [2.05, 4.69) is 140 Å². The smallest absolute Gasteiger partial charge is 0.231 e. The van der Waals surface area contributed by atoms with Gasteiger partial charge in [0.05, 0.1) is 16.8 Å².